The molecule has 2 N–H and O–H groups in total. The predicted octanol–water partition coefficient (Wildman–Crippen LogP) is 0.618. The molecule has 5 nitrogen and oxygen atoms in total. The lowest BCUT2D eigenvalue weighted by Gasteiger charge is -2.25. The highest BCUT2D eigenvalue weighted by molar-refractivity contribution is 6.03. The van der Waals surface area contributed by atoms with Gasteiger partial charge in [0.1, 0.15) is 0 Å². The molecule has 2 atom stereocenters. The number of benzene rings is 1. The number of amides is 3. The minimum atomic E-state index is -1.40. The Balaban J connectivity index is 2.26. The smallest absolute Gasteiger partial charge is 0.327 e. The van der Waals surface area contributed by atoms with Crippen LogP contribution in [0.5, 0.6) is 0 Å². The molecule has 1 fully saturated rings. The first kappa shape index (κ1) is 10.6. The van der Waals surface area contributed by atoms with E-state index >= 15 is 0 Å². The molecule has 5 heteroatoms. The van der Waals surface area contributed by atoms with E-state index in [1.807, 2.05) is 30.3 Å². The third-order valence-corrected chi connectivity index (χ3v) is 2.66. The molecule has 0 spiro atoms. The highest BCUT2D eigenvalue weighted by Gasteiger charge is 2.40. The van der Waals surface area contributed by atoms with Crippen molar-refractivity contribution in [1.82, 2.24) is 10.2 Å². The monoisotopic (exact) mass is 220 g/mol. The number of carbonyl (C=O) groups excluding carboxylic acids is 2. The summed E-state index contributed by atoms with van der Waals surface area (Å²) < 4.78 is 0. The van der Waals surface area contributed by atoms with Gasteiger partial charge in [0.25, 0.3) is 5.91 Å². The van der Waals surface area contributed by atoms with Crippen LogP contribution in [0.15, 0.2) is 30.3 Å². The maximum Gasteiger partial charge on any atom is 0.327 e. The number of rotatable bonds is 2. The summed E-state index contributed by atoms with van der Waals surface area (Å²) >= 11 is 0. The second-order valence-electron chi connectivity index (χ2n) is 3.66. The highest BCUT2D eigenvalue weighted by Crippen LogP contribution is 2.24. The van der Waals surface area contributed by atoms with Gasteiger partial charge in [0.15, 0.2) is 0 Å². The molecular weight excluding hydrogens is 208 g/mol. The first-order valence-corrected chi connectivity index (χ1v) is 4.97. The average Bonchev–Trinajstić information content (AvgIpc) is 2.54. The average molecular weight is 220 g/mol. The molecule has 1 aliphatic heterocycles. The molecule has 3 amide bonds. The van der Waals surface area contributed by atoms with Crippen LogP contribution in [0.4, 0.5) is 4.79 Å². The highest BCUT2D eigenvalue weighted by atomic mass is 16.3. The molecule has 0 radical (unpaired) electrons. The van der Waals surface area contributed by atoms with Crippen LogP contribution in [0, 0.1) is 0 Å². The lowest BCUT2D eigenvalue weighted by Crippen LogP contribution is -2.37. The molecule has 1 aromatic rings. The Hall–Kier alpha value is -1.88. The van der Waals surface area contributed by atoms with Crippen LogP contribution in [0.25, 0.3) is 0 Å². The van der Waals surface area contributed by atoms with E-state index in [0.29, 0.717) is 0 Å². The Morgan fingerprint density at radius 3 is 2.44 bits per heavy atom. The third-order valence-electron chi connectivity index (χ3n) is 2.66. The summed E-state index contributed by atoms with van der Waals surface area (Å²) in [7, 11) is 0. The van der Waals surface area contributed by atoms with Crippen LogP contribution in [0.1, 0.15) is 18.5 Å². The number of hydrogen-bond donors (Lipinski definition) is 2. The number of aliphatic hydroxyl groups excluding tert-OH is 1. The Labute approximate surface area is 92.7 Å². The Bertz CT molecular complexity index is 418. The van der Waals surface area contributed by atoms with Gasteiger partial charge >= 0.3 is 6.03 Å². The molecule has 84 valence electrons. The van der Waals surface area contributed by atoms with Crippen molar-refractivity contribution in [2.75, 3.05) is 0 Å². The Morgan fingerprint density at radius 1 is 1.31 bits per heavy atom. The van der Waals surface area contributed by atoms with Crippen LogP contribution >= 0.6 is 0 Å². The quantitative estimate of drug-likeness (QED) is 0.718. The molecule has 1 saturated heterocycles. The summed E-state index contributed by atoms with van der Waals surface area (Å²) in [5, 5.41) is 11.6. The zero-order valence-corrected chi connectivity index (χ0v) is 8.75. The molecule has 0 saturated carbocycles. The van der Waals surface area contributed by atoms with Crippen LogP contribution < -0.4 is 5.32 Å². The molecule has 1 aromatic carbocycles. The molecule has 0 aliphatic carbocycles. The maximum absolute atomic E-state index is 11.4. The topological polar surface area (TPSA) is 69.6 Å². The standard InChI is InChI=1S/C11H12N2O3/c1-7(8-5-3-2-4-6-8)13-10(15)9(14)12-11(13)16/h2-7,10,15H,1H3,(H,12,14,16). The Morgan fingerprint density at radius 2 is 1.94 bits per heavy atom. The van der Waals surface area contributed by atoms with E-state index in [-0.39, 0.29) is 6.04 Å². The van der Waals surface area contributed by atoms with Gasteiger partial charge in [-0.05, 0) is 12.5 Å². The van der Waals surface area contributed by atoms with Gasteiger partial charge in [0, 0.05) is 0 Å². The fourth-order valence-electron chi connectivity index (χ4n) is 1.75. The molecular formula is C11H12N2O3. The van der Waals surface area contributed by atoms with Crippen molar-refractivity contribution < 1.29 is 14.7 Å². The van der Waals surface area contributed by atoms with Crippen LogP contribution in [-0.2, 0) is 4.79 Å². The summed E-state index contributed by atoms with van der Waals surface area (Å²) in [6, 6.07) is 8.32. The lowest BCUT2D eigenvalue weighted by molar-refractivity contribution is -0.131. The summed E-state index contributed by atoms with van der Waals surface area (Å²) in [4.78, 5) is 23.7. The molecule has 0 bridgehead atoms. The van der Waals surface area contributed by atoms with Crippen molar-refractivity contribution in [2.24, 2.45) is 0 Å². The van der Waals surface area contributed by atoms with Crippen LogP contribution in [0.2, 0.25) is 0 Å². The van der Waals surface area contributed by atoms with Gasteiger partial charge in [-0.3, -0.25) is 15.0 Å². The van der Waals surface area contributed by atoms with Gasteiger partial charge in [0.2, 0.25) is 6.23 Å². The number of nitrogens with one attached hydrogen (secondary N) is 1. The van der Waals surface area contributed by atoms with E-state index in [4.69, 9.17) is 0 Å². The first-order valence-electron chi connectivity index (χ1n) is 4.97. The zero-order valence-electron chi connectivity index (χ0n) is 8.75. The number of aliphatic hydroxyl groups is 1. The second-order valence-corrected chi connectivity index (χ2v) is 3.66. The third kappa shape index (κ3) is 1.65. The van der Waals surface area contributed by atoms with Crippen molar-refractivity contribution in [3.8, 4) is 0 Å². The molecule has 0 aromatic heterocycles. The van der Waals surface area contributed by atoms with Gasteiger partial charge in [-0.25, -0.2) is 4.79 Å². The van der Waals surface area contributed by atoms with Gasteiger partial charge in [-0.1, -0.05) is 30.3 Å². The first-order chi connectivity index (χ1) is 7.61. The molecule has 2 rings (SSSR count). The number of hydrogen-bond acceptors (Lipinski definition) is 3. The fourth-order valence-corrected chi connectivity index (χ4v) is 1.75. The van der Waals surface area contributed by atoms with E-state index in [2.05, 4.69) is 5.32 Å². The summed E-state index contributed by atoms with van der Waals surface area (Å²) in [6.45, 7) is 1.76. The van der Waals surface area contributed by atoms with Crippen LogP contribution in [0.3, 0.4) is 0 Å². The summed E-state index contributed by atoms with van der Waals surface area (Å²) in [5.74, 6) is -0.673. The number of carbonyl (C=O) groups is 2. The molecule has 1 heterocycles. The largest absolute Gasteiger partial charge is 0.365 e. The summed E-state index contributed by atoms with van der Waals surface area (Å²) in [5.41, 5.74) is 0.867. The van der Waals surface area contributed by atoms with Crippen molar-refractivity contribution in [3.63, 3.8) is 0 Å². The van der Waals surface area contributed by atoms with Gasteiger partial charge < -0.3 is 5.11 Å². The normalized spacial score (nSPS) is 22.1. The van der Waals surface area contributed by atoms with Crippen molar-refractivity contribution >= 4 is 11.9 Å². The van der Waals surface area contributed by atoms with E-state index in [0.717, 1.165) is 10.5 Å². The lowest BCUT2D eigenvalue weighted by atomic mass is 10.1. The van der Waals surface area contributed by atoms with Crippen LogP contribution in [-0.4, -0.2) is 28.2 Å². The minimum absolute atomic E-state index is 0.345. The molecule has 2 unspecified atom stereocenters. The van der Waals surface area contributed by atoms with Gasteiger partial charge in [-0.2, -0.15) is 0 Å². The fraction of sp³-hybridized carbons (Fsp3) is 0.273. The zero-order chi connectivity index (χ0) is 11.7. The number of imide groups is 1. The van der Waals surface area contributed by atoms with Crippen molar-refractivity contribution in [2.45, 2.75) is 19.2 Å². The molecule has 16 heavy (non-hydrogen) atoms. The predicted molar refractivity (Wildman–Crippen MR) is 56.2 cm³/mol. The van der Waals surface area contributed by atoms with E-state index in [1.54, 1.807) is 6.92 Å². The van der Waals surface area contributed by atoms with E-state index < -0.39 is 18.2 Å². The number of nitrogens with zero attached hydrogens (tertiary/aromatic N) is 1. The SMILES string of the molecule is CC(c1ccccc1)N1C(=O)NC(=O)C1O. The van der Waals surface area contributed by atoms with Crippen molar-refractivity contribution in [1.29, 1.82) is 0 Å². The van der Waals surface area contributed by atoms with Crippen molar-refractivity contribution in [3.05, 3.63) is 35.9 Å². The van der Waals surface area contributed by atoms with Gasteiger partial charge in [-0.15, -0.1) is 0 Å². The second kappa shape index (κ2) is 3.94. The van der Waals surface area contributed by atoms with E-state index in [1.165, 1.54) is 0 Å². The molecule has 1 aliphatic rings. The number of urea groups is 1. The maximum atomic E-state index is 11.4. The minimum Gasteiger partial charge on any atom is -0.365 e. The summed E-state index contributed by atoms with van der Waals surface area (Å²) in [6.07, 6.45) is -1.40. The Kier molecular flexibility index (Phi) is 2.62. The van der Waals surface area contributed by atoms with Gasteiger partial charge in [0.05, 0.1) is 6.04 Å². The van der Waals surface area contributed by atoms with E-state index in [9.17, 15) is 14.7 Å².